The maximum atomic E-state index is 11.4. The largest absolute Gasteiger partial charge is 0.479 e. The van der Waals surface area contributed by atoms with Crippen molar-refractivity contribution in [2.45, 2.75) is 33.0 Å². The topological polar surface area (TPSA) is 46.5 Å². The Labute approximate surface area is 125 Å². The van der Waals surface area contributed by atoms with Crippen molar-refractivity contribution < 1.29 is 14.6 Å². The van der Waals surface area contributed by atoms with E-state index in [1.54, 1.807) is 0 Å². The highest BCUT2D eigenvalue weighted by atomic mass is 16.5. The van der Waals surface area contributed by atoms with Crippen molar-refractivity contribution in [3.8, 4) is 0 Å². The minimum absolute atomic E-state index is 0.308. The van der Waals surface area contributed by atoms with Gasteiger partial charge in [0.15, 0.2) is 6.10 Å². The van der Waals surface area contributed by atoms with Crippen LogP contribution < -0.4 is 0 Å². The second kappa shape index (κ2) is 7.04. The molecule has 0 amide bonds. The third-order valence-corrected chi connectivity index (χ3v) is 3.27. The SMILES string of the molecule is Cc1cc(C)cc(C[C@H](OCc2ccccc2)C(=O)O)c1. The molecule has 0 fully saturated rings. The zero-order valence-electron chi connectivity index (χ0n) is 12.4. The number of aryl methyl sites for hydroxylation is 2. The summed E-state index contributed by atoms with van der Waals surface area (Å²) in [6.07, 6.45) is -0.448. The van der Waals surface area contributed by atoms with E-state index >= 15 is 0 Å². The monoisotopic (exact) mass is 284 g/mol. The molecule has 0 spiro atoms. The molecule has 3 nitrogen and oxygen atoms in total. The van der Waals surface area contributed by atoms with Crippen molar-refractivity contribution >= 4 is 5.97 Å². The Hall–Kier alpha value is -2.13. The Morgan fingerprint density at radius 3 is 2.24 bits per heavy atom. The average Bonchev–Trinajstić information content (AvgIpc) is 2.43. The molecule has 0 heterocycles. The highest BCUT2D eigenvalue weighted by molar-refractivity contribution is 5.72. The molecule has 0 aliphatic carbocycles. The zero-order chi connectivity index (χ0) is 15.2. The fraction of sp³-hybridized carbons (Fsp3) is 0.278. The van der Waals surface area contributed by atoms with Gasteiger partial charge in [-0.15, -0.1) is 0 Å². The minimum atomic E-state index is -0.926. The van der Waals surface area contributed by atoms with Crippen LogP contribution in [0.15, 0.2) is 48.5 Å². The van der Waals surface area contributed by atoms with Gasteiger partial charge < -0.3 is 9.84 Å². The Morgan fingerprint density at radius 2 is 1.67 bits per heavy atom. The normalized spacial score (nSPS) is 12.1. The van der Waals surface area contributed by atoms with Crippen molar-refractivity contribution in [2.24, 2.45) is 0 Å². The third-order valence-electron chi connectivity index (χ3n) is 3.27. The molecule has 0 aliphatic heterocycles. The van der Waals surface area contributed by atoms with Gasteiger partial charge in [0.25, 0.3) is 0 Å². The fourth-order valence-corrected chi connectivity index (χ4v) is 2.39. The van der Waals surface area contributed by atoms with Crippen molar-refractivity contribution in [3.05, 3.63) is 70.8 Å². The molecule has 0 saturated carbocycles. The summed E-state index contributed by atoms with van der Waals surface area (Å²) in [5.41, 5.74) is 4.24. The molecule has 2 aromatic carbocycles. The van der Waals surface area contributed by atoms with Crippen LogP contribution in [0.1, 0.15) is 22.3 Å². The van der Waals surface area contributed by atoms with E-state index in [1.165, 1.54) is 0 Å². The maximum Gasteiger partial charge on any atom is 0.333 e. The van der Waals surface area contributed by atoms with Crippen LogP contribution in [0.3, 0.4) is 0 Å². The molecule has 2 rings (SSSR count). The fourth-order valence-electron chi connectivity index (χ4n) is 2.39. The number of ether oxygens (including phenoxy) is 1. The van der Waals surface area contributed by atoms with E-state index in [4.69, 9.17) is 4.74 Å². The molecule has 0 aliphatic rings. The van der Waals surface area contributed by atoms with Crippen molar-refractivity contribution in [1.29, 1.82) is 0 Å². The number of rotatable bonds is 6. The Kier molecular flexibility index (Phi) is 5.12. The molecule has 0 unspecified atom stereocenters. The Balaban J connectivity index is 2.03. The maximum absolute atomic E-state index is 11.4. The van der Waals surface area contributed by atoms with Crippen LogP contribution in [-0.2, 0) is 22.6 Å². The van der Waals surface area contributed by atoms with Gasteiger partial charge >= 0.3 is 5.97 Å². The summed E-state index contributed by atoms with van der Waals surface area (Å²) in [7, 11) is 0. The smallest absolute Gasteiger partial charge is 0.333 e. The molecule has 2 aromatic rings. The second-order valence-corrected chi connectivity index (χ2v) is 5.32. The second-order valence-electron chi connectivity index (χ2n) is 5.32. The third kappa shape index (κ3) is 4.72. The molecule has 0 saturated heterocycles. The Bertz CT molecular complexity index is 585. The van der Waals surface area contributed by atoms with Gasteiger partial charge in [-0.25, -0.2) is 4.79 Å². The van der Waals surface area contributed by atoms with E-state index in [0.29, 0.717) is 13.0 Å². The van der Waals surface area contributed by atoms with Crippen LogP contribution in [0.2, 0.25) is 0 Å². The first-order valence-corrected chi connectivity index (χ1v) is 7.00. The number of benzene rings is 2. The molecule has 1 atom stereocenters. The molecular formula is C18H20O3. The molecule has 0 aromatic heterocycles. The zero-order valence-corrected chi connectivity index (χ0v) is 12.4. The molecule has 3 heteroatoms. The molecule has 0 radical (unpaired) electrons. The van der Waals surface area contributed by atoms with Crippen molar-refractivity contribution in [3.63, 3.8) is 0 Å². The van der Waals surface area contributed by atoms with Crippen molar-refractivity contribution in [1.82, 2.24) is 0 Å². The van der Waals surface area contributed by atoms with Crippen LogP contribution in [0.25, 0.3) is 0 Å². The number of hydrogen-bond acceptors (Lipinski definition) is 2. The first-order chi connectivity index (χ1) is 10.0. The van der Waals surface area contributed by atoms with Gasteiger partial charge in [-0.3, -0.25) is 0 Å². The van der Waals surface area contributed by atoms with Crippen LogP contribution in [0, 0.1) is 13.8 Å². The van der Waals surface area contributed by atoms with Gasteiger partial charge in [-0.05, 0) is 25.0 Å². The number of carboxylic acid groups (broad SMARTS) is 1. The molecule has 0 bridgehead atoms. The predicted molar refractivity (Wildman–Crippen MR) is 82.3 cm³/mol. The summed E-state index contributed by atoms with van der Waals surface area (Å²) in [6, 6.07) is 15.7. The minimum Gasteiger partial charge on any atom is -0.479 e. The standard InChI is InChI=1S/C18H20O3/c1-13-8-14(2)10-16(9-13)11-17(18(19)20)21-12-15-6-4-3-5-7-15/h3-10,17H,11-12H2,1-2H3,(H,19,20)/t17-/m0/s1. The van der Waals surface area contributed by atoms with Crippen LogP contribution >= 0.6 is 0 Å². The summed E-state index contributed by atoms with van der Waals surface area (Å²) in [5, 5.41) is 9.33. The lowest BCUT2D eigenvalue weighted by Gasteiger charge is -2.15. The Morgan fingerprint density at radius 1 is 1.05 bits per heavy atom. The van der Waals surface area contributed by atoms with Crippen molar-refractivity contribution in [2.75, 3.05) is 0 Å². The van der Waals surface area contributed by atoms with E-state index in [2.05, 4.69) is 6.07 Å². The van der Waals surface area contributed by atoms with Gasteiger partial charge in [0.2, 0.25) is 0 Å². The van der Waals surface area contributed by atoms with E-state index in [-0.39, 0.29) is 0 Å². The lowest BCUT2D eigenvalue weighted by Crippen LogP contribution is -2.26. The quantitative estimate of drug-likeness (QED) is 0.883. The lowest BCUT2D eigenvalue weighted by atomic mass is 10.0. The first kappa shape index (κ1) is 15.3. The highest BCUT2D eigenvalue weighted by Gasteiger charge is 2.19. The van der Waals surface area contributed by atoms with Gasteiger partial charge in [0.1, 0.15) is 0 Å². The summed E-state index contributed by atoms with van der Waals surface area (Å²) < 4.78 is 5.57. The number of carbonyl (C=O) groups is 1. The number of hydrogen-bond donors (Lipinski definition) is 1. The van der Waals surface area contributed by atoms with Gasteiger partial charge in [-0.1, -0.05) is 59.7 Å². The van der Waals surface area contributed by atoms with Crippen LogP contribution in [0.5, 0.6) is 0 Å². The van der Waals surface area contributed by atoms with Gasteiger partial charge in [-0.2, -0.15) is 0 Å². The summed E-state index contributed by atoms with van der Waals surface area (Å²) in [4.78, 5) is 11.4. The average molecular weight is 284 g/mol. The molecular weight excluding hydrogens is 264 g/mol. The summed E-state index contributed by atoms with van der Waals surface area (Å²) >= 11 is 0. The molecule has 21 heavy (non-hydrogen) atoms. The highest BCUT2D eigenvalue weighted by Crippen LogP contribution is 2.14. The number of aliphatic carboxylic acids is 1. The van der Waals surface area contributed by atoms with E-state index in [1.807, 2.05) is 56.3 Å². The van der Waals surface area contributed by atoms with Gasteiger partial charge in [0.05, 0.1) is 6.61 Å². The van der Waals surface area contributed by atoms with E-state index in [9.17, 15) is 9.90 Å². The van der Waals surface area contributed by atoms with E-state index < -0.39 is 12.1 Å². The molecule has 1 N–H and O–H groups in total. The van der Waals surface area contributed by atoms with E-state index in [0.717, 1.165) is 22.3 Å². The number of carboxylic acids is 1. The van der Waals surface area contributed by atoms with Crippen LogP contribution in [-0.4, -0.2) is 17.2 Å². The summed E-state index contributed by atoms with van der Waals surface area (Å²) in [6.45, 7) is 4.33. The summed E-state index contributed by atoms with van der Waals surface area (Å²) in [5.74, 6) is -0.926. The predicted octanol–water partition coefficient (Wildman–Crippen LogP) is 3.52. The van der Waals surface area contributed by atoms with Gasteiger partial charge in [0, 0.05) is 6.42 Å². The first-order valence-electron chi connectivity index (χ1n) is 7.00. The van der Waals surface area contributed by atoms with Crippen LogP contribution in [0.4, 0.5) is 0 Å². The lowest BCUT2D eigenvalue weighted by molar-refractivity contribution is -0.151. The molecule has 110 valence electrons.